The molecule has 1 N–H and O–H groups in total. The molecule has 0 amide bonds. The van der Waals surface area contributed by atoms with Gasteiger partial charge < -0.3 is 4.74 Å². The third-order valence-corrected chi connectivity index (χ3v) is 9.05. The van der Waals surface area contributed by atoms with Crippen molar-refractivity contribution in [3.8, 4) is 5.69 Å². The van der Waals surface area contributed by atoms with E-state index in [1.54, 1.807) is 47.4 Å². The van der Waals surface area contributed by atoms with E-state index in [9.17, 15) is 13.2 Å². The lowest BCUT2D eigenvalue weighted by Gasteiger charge is -2.17. The van der Waals surface area contributed by atoms with Crippen molar-refractivity contribution in [2.75, 3.05) is 17.1 Å². The lowest BCUT2D eigenvalue weighted by molar-refractivity contribution is 0.129. The van der Waals surface area contributed by atoms with Gasteiger partial charge in [0.2, 0.25) is 0 Å². The number of nitrogens with one attached hydrogen (secondary N) is 1. The van der Waals surface area contributed by atoms with E-state index in [1.807, 2.05) is 20.8 Å². The van der Waals surface area contributed by atoms with E-state index in [0.29, 0.717) is 5.69 Å². The highest BCUT2D eigenvalue weighted by Gasteiger charge is 2.27. The predicted molar refractivity (Wildman–Crippen MR) is 120 cm³/mol. The number of aryl methyl sites for hydroxylation is 2. The number of aromatic nitrogens is 2. The average molecular weight is 466 g/mol. The van der Waals surface area contributed by atoms with E-state index in [-0.39, 0.29) is 16.8 Å². The molecule has 3 heterocycles. The minimum absolute atomic E-state index is 0.0646. The molecule has 0 bridgehead atoms. The lowest BCUT2D eigenvalue weighted by atomic mass is 10.2. The third kappa shape index (κ3) is 4.14. The molecule has 10 heteroatoms. The van der Waals surface area contributed by atoms with Crippen LogP contribution in [0.15, 0.2) is 38.2 Å². The Bertz CT molecular complexity index is 1190. The zero-order valence-corrected chi connectivity index (χ0v) is 19.4. The summed E-state index contributed by atoms with van der Waals surface area (Å²) >= 11 is 3.12. The molecule has 1 fully saturated rings. The van der Waals surface area contributed by atoms with Crippen LogP contribution < -0.4 is 10.4 Å². The molecule has 3 aliphatic rings. The summed E-state index contributed by atoms with van der Waals surface area (Å²) < 4.78 is 36.4. The van der Waals surface area contributed by atoms with Crippen LogP contribution in [0.2, 0.25) is 0 Å². The van der Waals surface area contributed by atoms with E-state index >= 15 is 0 Å². The SMILES string of the molecule is Cc1ccc(S(=O)(=O)Nc2nc(=O)n3c(C)c(C)sc(SCC4CCCO4)c2-3)cc1. The molecule has 0 spiro atoms. The molecule has 0 aliphatic carbocycles. The summed E-state index contributed by atoms with van der Waals surface area (Å²) in [6.07, 6.45) is 2.24. The Balaban J connectivity index is 1.74. The van der Waals surface area contributed by atoms with Crippen molar-refractivity contribution in [1.29, 1.82) is 0 Å². The number of hydrogen-bond acceptors (Lipinski definition) is 7. The number of nitrogens with zero attached hydrogens (tertiary/aromatic N) is 2. The fraction of sp³-hybridized carbons (Fsp3) is 0.400. The van der Waals surface area contributed by atoms with Gasteiger partial charge in [-0.2, -0.15) is 4.98 Å². The molecule has 1 aromatic rings. The van der Waals surface area contributed by atoms with Crippen LogP contribution in [0.5, 0.6) is 0 Å². The van der Waals surface area contributed by atoms with Crippen LogP contribution in [0, 0.1) is 20.8 Å². The Morgan fingerprint density at radius 1 is 1.27 bits per heavy atom. The van der Waals surface area contributed by atoms with Crippen molar-refractivity contribution >= 4 is 38.9 Å². The number of ether oxygens (including phenoxy) is 1. The zero-order chi connectivity index (χ0) is 21.5. The molecule has 1 aromatic carbocycles. The summed E-state index contributed by atoms with van der Waals surface area (Å²) in [5, 5.41) is 0. The normalized spacial score (nSPS) is 17.0. The number of fused-ring (bicyclic) bond motifs is 1. The maximum Gasteiger partial charge on any atom is 0.354 e. The van der Waals surface area contributed by atoms with E-state index in [2.05, 4.69) is 9.71 Å². The second-order valence-corrected chi connectivity index (χ2v) is 11.5. The molecule has 0 radical (unpaired) electrons. The molecule has 4 rings (SSSR count). The Morgan fingerprint density at radius 3 is 2.67 bits per heavy atom. The van der Waals surface area contributed by atoms with E-state index in [4.69, 9.17) is 4.74 Å². The first kappa shape index (κ1) is 21.4. The molecule has 0 saturated carbocycles. The molecule has 0 aromatic heterocycles. The summed E-state index contributed by atoms with van der Waals surface area (Å²) in [6, 6.07) is 6.55. The van der Waals surface area contributed by atoms with E-state index in [0.717, 1.165) is 45.5 Å². The Labute approximate surface area is 183 Å². The highest BCUT2D eigenvalue weighted by molar-refractivity contribution is 8.01. The van der Waals surface area contributed by atoms with Crippen molar-refractivity contribution < 1.29 is 13.2 Å². The van der Waals surface area contributed by atoms with Gasteiger partial charge >= 0.3 is 5.69 Å². The molecule has 1 unspecified atom stereocenters. The fourth-order valence-corrected chi connectivity index (χ4v) is 6.89. The fourth-order valence-electron chi connectivity index (χ4n) is 3.33. The first-order valence-corrected chi connectivity index (χ1v) is 12.9. The van der Waals surface area contributed by atoms with E-state index in [1.165, 1.54) is 4.57 Å². The van der Waals surface area contributed by atoms with Gasteiger partial charge in [-0.15, -0.1) is 23.1 Å². The van der Waals surface area contributed by atoms with Gasteiger partial charge in [0.15, 0.2) is 5.82 Å². The summed E-state index contributed by atoms with van der Waals surface area (Å²) in [6.45, 7) is 6.45. The predicted octanol–water partition coefficient (Wildman–Crippen LogP) is 3.73. The molecule has 30 heavy (non-hydrogen) atoms. The van der Waals surface area contributed by atoms with Gasteiger partial charge in [-0.25, -0.2) is 13.2 Å². The number of sulfonamides is 1. The Kier molecular flexibility index (Phi) is 5.93. The second kappa shape index (κ2) is 8.33. The molecular weight excluding hydrogens is 442 g/mol. The number of hydrogen-bond donors (Lipinski definition) is 1. The number of thioether (sulfide) groups is 1. The smallest absolute Gasteiger partial charge is 0.354 e. The van der Waals surface area contributed by atoms with Crippen LogP contribution in [-0.4, -0.2) is 36.4 Å². The zero-order valence-electron chi connectivity index (χ0n) is 17.0. The molecular formula is C20H23N3O4S3. The van der Waals surface area contributed by atoms with Crippen LogP contribution >= 0.6 is 23.1 Å². The van der Waals surface area contributed by atoms with Crippen LogP contribution in [-0.2, 0) is 14.8 Å². The number of imidazole rings is 1. The van der Waals surface area contributed by atoms with E-state index < -0.39 is 15.7 Å². The quantitative estimate of drug-likeness (QED) is 0.558. The largest absolute Gasteiger partial charge is 0.377 e. The van der Waals surface area contributed by atoms with Gasteiger partial charge in [0.05, 0.1) is 15.2 Å². The van der Waals surface area contributed by atoms with Crippen molar-refractivity contribution in [2.24, 2.45) is 0 Å². The number of rotatable bonds is 6. The molecule has 160 valence electrons. The molecule has 3 aliphatic heterocycles. The Morgan fingerprint density at radius 2 is 2.00 bits per heavy atom. The number of anilines is 1. The van der Waals surface area contributed by atoms with Gasteiger partial charge in [-0.1, -0.05) is 17.7 Å². The Hall–Kier alpha value is -1.88. The summed E-state index contributed by atoms with van der Waals surface area (Å²) in [5.74, 6) is 0.813. The lowest BCUT2D eigenvalue weighted by Crippen LogP contribution is -2.18. The van der Waals surface area contributed by atoms with Crippen LogP contribution in [0.25, 0.3) is 5.69 Å². The average Bonchev–Trinajstić information content (AvgIpc) is 3.32. The monoisotopic (exact) mass is 465 g/mol. The minimum atomic E-state index is -3.87. The topological polar surface area (TPSA) is 90.3 Å². The van der Waals surface area contributed by atoms with Gasteiger partial charge in [0.25, 0.3) is 10.0 Å². The maximum atomic E-state index is 12.9. The minimum Gasteiger partial charge on any atom is -0.377 e. The molecule has 1 atom stereocenters. The van der Waals surface area contributed by atoms with Crippen molar-refractivity contribution in [3.63, 3.8) is 0 Å². The highest BCUT2D eigenvalue weighted by atomic mass is 32.2. The van der Waals surface area contributed by atoms with Crippen molar-refractivity contribution in [2.45, 2.75) is 48.8 Å². The first-order chi connectivity index (χ1) is 14.3. The van der Waals surface area contributed by atoms with Crippen LogP contribution in [0.3, 0.4) is 0 Å². The molecule has 1 saturated heterocycles. The second-order valence-electron chi connectivity index (χ2n) is 7.32. The number of benzene rings is 1. The molecule has 7 nitrogen and oxygen atoms in total. The van der Waals surface area contributed by atoms with Crippen LogP contribution in [0.1, 0.15) is 29.0 Å². The van der Waals surface area contributed by atoms with Gasteiger partial charge in [-0.3, -0.25) is 9.29 Å². The van der Waals surface area contributed by atoms with Crippen molar-refractivity contribution in [1.82, 2.24) is 9.55 Å². The van der Waals surface area contributed by atoms with Crippen LogP contribution in [0.4, 0.5) is 5.82 Å². The standard InChI is InChI=1S/C20H23N3O4S3/c1-12-6-8-16(9-7-12)30(25,26)22-18-17-19(28-11-15-5-4-10-27-15)29-14(3)13(2)23(17)20(24)21-18/h6-9,15H,4-5,10-11H2,1-3H3,(H,21,22,24). The van der Waals surface area contributed by atoms with Gasteiger partial charge in [0.1, 0.15) is 5.69 Å². The highest BCUT2D eigenvalue weighted by Crippen LogP contribution is 2.39. The first-order valence-electron chi connectivity index (χ1n) is 9.63. The summed E-state index contributed by atoms with van der Waals surface area (Å²) in [7, 11) is -3.87. The third-order valence-electron chi connectivity index (χ3n) is 5.12. The van der Waals surface area contributed by atoms with Crippen molar-refractivity contribution in [3.05, 3.63) is 50.9 Å². The van der Waals surface area contributed by atoms with Gasteiger partial charge in [0, 0.05) is 22.9 Å². The van der Waals surface area contributed by atoms with Gasteiger partial charge in [-0.05, 0) is 45.7 Å². The summed E-state index contributed by atoms with van der Waals surface area (Å²) in [5.41, 5.74) is 1.74. The maximum absolute atomic E-state index is 12.9. The summed E-state index contributed by atoms with van der Waals surface area (Å²) in [4.78, 5) is 17.8.